The number of aliphatic carboxylic acids is 1. The molecule has 2 aromatic rings. The van der Waals surface area contributed by atoms with Crippen molar-refractivity contribution in [3.05, 3.63) is 36.0 Å². The van der Waals surface area contributed by atoms with Crippen LogP contribution in [0.1, 0.15) is 32.3 Å². The number of primary amides is 1. The Morgan fingerprint density at radius 3 is 2.27 bits per heavy atom. The molecule has 5 atom stereocenters. The normalized spacial score (nSPS) is 15.1. The standard InChI is InChI=1S/C24H34N6O6S/c1-3-12(2)20(30-21(32)15(25)9-19(26)31)23(34)28-17(22(33)29-18(11-37)24(35)36)8-13-10-27-16-7-5-4-6-14(13)16/h4-7,10,12,15,17-18,20,27,37H,3,8-9,11,25H2,1-2H3,(H2,26,31)(H,28,34)(H,29,33)(H,30,32)(H,35,36). The fraction of sp³-hybridized carbons (Fsp3) is 0.458. The molecule has 5 unspecified atom stereocenters. The minimum absolute atomic E-state index is 0.0445. The van der Waals surface area contributed by atoms with Gasteiger partial charge in [-0.05, 0) is 17.5 Å². The number of amides is 4. The Kier molecular flexibility index (Phi) is 10.9. The summed E-state index contributed by atoms with van der Waals surface area (Å²) in [5.74, 6) is -4.67. The van der Waals surface area contributed by atoms with Gasteiger partial charge in [0, 0.05) is 29.3 Å². The highest BCUT2D eigenvalue weighted by Crippen LogP contribution is 2.19. The number of carboxylic acids is 1. The summed E-state index contributed by atoms with van der Waals surface area (Å²) in [6, 6.07) is 2.64. The van der Waals surface area contributed by atoms with Crippen LogP contribution < -0.4 is 27.4 Å². The number of thiol groups is 1. The number of hydrogen-bond acceptors (Lipinski definition) is 7. The average Bonchev–Trinajstić information content (AvgIpc) is 3.26. The molecule has 37 heavy (non-hydrogen) atoms. The smallest absolute Gasteiger partial charge is 0.327 e. The van der Waals surface area contributed by atoms with Crippen molar-refractivity contribution in [1.82, 2.24) is 20.9 Å². The van der Waals surface area contributed by atoms with Gasteiger partial charge in [-0.25, -0.2) is 4.79 Å². The van der Waals surface area contributed by atoms with Crippen LogP contribution in [0, 0.1) is 5.92 Å². The van der Waals surface area contributed by atoms with Crippen LogP contribution in [0.4, 0.5) is 0 Å². The zero-order valence-electron chi connectivity index (χ0n) is 20.7. The van der Waals surface area contributed by atoms with Gasteiger partial charge in [0.1, 0.15) is 18.1 Å². The molecule has 0 aliphatic rings. The second-order valence-electron chi connectivity index (χ2n) is 8.86. The highest BCUT2D eigenvalue weighted by molar-refractivity contribution is 7.80. The molecule has 13 heteroatoms. The van der Waals surface area contributed by atoms with Crippen molar-refractivity contribution in [3.63, 3.8) is 0 Å². The van der Waals surface area contributed by atoms with Crippen molar-refractivity contribution >= 4 is 53.1 Å². The Labute approximate surface area is 219 Å². The second kappa shape index (κ2) is 13.7. The van der Waals surface area contributed by atoms with Gasteiger partial charge in [0.15, 0.2) is 0 Å². The van der Waals surface area contributed by atoms with Gasteiger partial charge in [-0.2, -0.15) is 12.6 Å². The van der Waals surface area contributed by atoms with Gasteiger partial charge < -0.3 is 37.5 Å². The summed E-state index contributed by atoms with van der Waals surface area (Å²) >= 11 is 3.98. The summed E-state index contributed by atoms with van der Waals surface area (Å²) in [4.78, 5) is 64.7. The number of aromatic amines is 1. The van der Waals surface area contributed by atoms with Gasteiger partial charge in [0.25, 0.3) is 0 Å². The Balaban J connectivity index is 2.31. The molecule has 0 bridgehead atoms. The number of benzene rings is 1. The SMILES string of the molecule is CCC(C)C(NC(=O)C(N)CC(N)=O)C(=O)NC(Cc1c[nH]c2ccccc12)C(=O)NC(CS)C(=O)O. The van der Waals surface area contributed by atoms with Crippen molar-refractivity contribution in [3.8, 4) is 0 Å². The van der Waals surface area contributed by atoms with Crippen LogP contribution in [0.25, 0.3) is 10.9 Å². The molecule has 4 amide bonds. The third-order valence-corrected chi connectivity index (χ3v) is 6.45. The molecule has 1 aromatic carbocycles. The molecule has 0 fully saturated rings. The Morgan fingerprint density at radius 1 is 1.03 bits per heavy atom. The van der Waals surface area contributed by atoms with Crippen molar-refractivity contribution in [2.75, 3.05) is 5.75 Å². The highest BCUT2D eigenvalue weighted by atomic mass is 32.1. The number of H-pyrrole nitrogens is 1. The summed E-state index contributed by atoms with van der Waals surface area (Å²) < 4.78 is 0. The van der Waals surface area contributed by atoms with Crippen LogP contribution in [0.3, 0.4) is 0 Å². The minimum atomic E-state index is -1.27. The first-order chi connectivity index (χ1) is 17.5. The van der Waals surface area contributed by atoms with E-state index in [9.17, 15) is 29.1 Å². The van der Waals surface area contributed by atoms with E-state index >= 15 is 0 Å². The quantitative estimate of drug-likeness (QED) is 0.148. The predicted molar refractivity (Wildman–Crippen MR) is 141 cm³/mol. The van der Waals surface area contributed by atoms with Crippen LogP contribution in [0.15, 0.2) is 30.5 Å². The maximum Gasteiger partial charge on any atom is 0.327 e. The Morgan fingerprint density at radius 2 is 1.68 bits per heavy atom. The molecule has 9 N–H and O–H groups in total. The van der Waals surface area contributed by atoms with Gasteiger partial charge in [0.2, 0.25) is 23.6 Å². The van der Waals surface area contributed by atoms with Crippen molar-refractivity contribution in [2.45, 2.75) is 57.3 Å². The summed E-state index contributed by atoms with van der Waals surface area (Å²) in [6.45, 7) is 3.56. The summed E-state index contributed by atoms with van der Waals surface area (Å²) in [5, 5.41) is 17.8. The van der Waals surface area contributed by atoms with E-state index in [-0.39, 0.29) is 18.1 Å². The largest absolute Gasteiger partial charge is 0.480 e. The van der Waals surface area contributed by atoms with Crippen molar-refractivity contribution in [1.29, 1.82) is 0 Å². The third-order valence-electron chi connectivity index (χ3n) is 6.08. The lowest BCUT2D eigenvalue weighted by molar-refractivity contribution is -0.141. The molecule has 12 nitrogen and oxygen atoms in total. The Hall–Kier alpha value is -3.58. The van der Waals surface area contributed by atoms with Gasteiger partial charge in [-0.1, -0.05) is 38.5 Å². The number of aromatic nitrogens is 1. The van der Waals surface area contributed by atoms with Gasteiger partial charge in [-0.15, -0.1) is 0 Å². The minimum Gasteiger partial charge on any atom is -0.480 e. The molecule has 0 spiro atoms. The number of carbonyl (C=O) groups is 5. The van der Waals surface area contributed by atoms with E-state index in [2.05, 4.69) is 33.6 Å². The number of nitrogens with one attached hydrogen (secondary N) is 4. The molecule has 0 saturated carbocycles. The summed E-state index contributed by atoms with van der Waals surface area (Å²) in [5.41, 5.74) is 12.4. The zero-order chi connectivity index (χ0) is 27.7. The van der Waals surface area contributed by atoms with Crippen molar-refractivity contribution < 1.29 is 29.1 Å². The van der Waals surface area contributed by atoms with E-state index in [1.54, 1.807) is 13.1 Å². The van der Waals surface area contributed by atoms with E-state index in [4.69, 9.17) is 11.5 Å². The van der Waals surface area contributed by atoms with Gasteiger partial charge >= 0.3 is 5.97 Å². The van der Waals surface area contributed by atoms with E-state index in [1.807, 2.05) is 31.2 Å². The molecular formula is C24H34N6O6S. The molecule has 202 valence electrons. The molecule has 1 heterocycles. The fourth-order valence-electron chi connectivity index (χ4n) is 3.72. The van der Waals surface area contributed by atoms with Crippen LogP contribution in [-0.2, 0) is 30.4 Å². The number of fused-ring (bicyclic) bond motifs is 1. The lowest BCUT2D eigenvalue weighted by atomic mass is 9.96. The molecule has 0 aliphatic heterocycles. The molecular weight excluding hydrogens is 500 g/mol. The van der Waals surface area contributed by atoms with E-state index < -0.39 is 60.2 Å². The number of carboxylic acid groups (broad SMARTS) is 1. The maximum absolute atomic E-state index is 13.3. The Bertz CT molecular complexity index is 1140. The number of hydrogen-bond donors (Lipinski definition) is 8. The van der Waals surface area contributed by atoms with Crippen LogP contribution >= 0.6 is 12.6 Å². The van der Waals surface area contributed by atoms with Crippen LogP contribution in [0.2, 0.25) is 0 Å². The van der Waals surface area contributed by atoms with E-state index in [1.165, 1.54) is 0 Å². The van der Waals surface area contributed by atoms with E-state index in [0.717, 1.165) is 16.5 Å². The zero-order valence-corrected chi connectivity index (χ0v) is 21.6. The first-order valence-electron chi connectivity index (χ1n) is 11.8. The summed E-state index contributed by atoms with van der Waals surface area (Å²) in [6.07, 6.45) is 1.86. The van der Waals surface area contributed by atoms with Crippen LogP contribution in [0.5, 0.6) is 0 Å². The van der Waals surface area contributed by atoms with Crippen molar-refractivity contribution in [2.24, 2.45) is 17.4 Å². The van der Waals surface area contributed by atoms with E-state index in [0.29, 0.717) is 6.42 Å². The molecule has 2 rings (SSSR count). The number of para-hydroxylation sites is 1. The lowest BCUT2D eigenvalue weighted by Gasteiger charge is -2.27. The first kappa shape index (κ1) is 29.6. The number of carbonyl (C=O) groups excluding carboxylic acids is 4. The second-order valence-corrected chi connectivity index (χ2v) is 9.22. The number of rotatable bonds is 14. The molecule has 0 aliphatic carbocycles. The highest BCUT2D eigenvalue weighted by Gasteiger charge is 2.33. The monoisotopic (exact) mass is 534 g/mol. The lowest BCUT2D eigenvalue weighted by Crippen LogP contribution is -2.59. The topological polar surface area (TPSA) is 209 Å². The third kappa shape index (κ3) is 8.22. The molecule has 0 saturated heterocycles. The molecule has 1 aromatic heterocycles. The average molecular weight is 535 g/mol. The fourth-order valence-corrected chi connectivity index (χ4v) is 3.97. The predicted octanol–water partition coefficient (Wildman–Crippen LogP) is -0.572. The molecule has 0 radical (unpaired) electrons. The first-order valence-corrected chi connectivity index (χ1v) is 12.4. The summed E-state index contributed by atoms with van der Waals surface area (Å²) in [7, 11) is 0. The van der Waals surface area contributed by atoms with Crippen LogP contribution in [-0.4, -0.2) is 69.6 Å². The van der Waals surface area contributed by atoms with Gasteiger partial charge in [0.05, 0.1) is 12.5 Å². The number of nitrogens with two attached hydrogens (primary N) is 2. The maximum atomic E-state index is 13.3. The van der Waals surface area contributed by atoms with Gasteiger partial charge in [-0.3, -0.25) is 19.2 Å².